The zero-order valence-electron chi connectivity index (χ0n) is 14.6. The van der Waals surface area contributed by atoms with E-state index in [0.717, 1.165) is 11.8 Å². The molecule has 26 heavy (non-hydrogen) atoms. The van der Waals surface area contributed by atoms with E-state index < -0.39 is 4.92 Å². The Labute approximate surface area is 151 Å². The van der Waals surface area contributed by atoms with Crippen LogP contribution in [0.1, 0.15) is 18.1 Å². The molecule has 0 saturated carbocycles. The molecule has 0 bridgehead atoms. The number of nitrogens with zero attached hydrogens (tertiary/aromatic N) is 1. The molecule has 0 radical (unpaired) electrons. The van der Waals surface area contributed by atoms with Crippen molar-refractivity contribution in [1.29, 1.82) is 0 Å². The summed E-state index contributed by atoms with van der Waals surface area (Å²) in [7, 11) is 0. The van der Waals surface area contributed by atoms with Crippen molar-refractivity contribution in [3.05, 3.63) is 69.9 Å². The van der Waals surface area contributed by atoms with Crippen LogP contribution >= 0.6 is 0 Å². The third-order valence-electron chi connectivity index (χ3n) is 3.35. The number of benzene rings is 2. The molecule has 136 valence electrons. The topological polar surface area (TPSA) is 90.7 Å². The van der Waals surface area contributed by atoms with Gasteiger partial charge < -0.3 is 14.8 Å². The minimum absolute atomic E-state index is 0.183. The summed E-state index contributed by atoms with van der Waals surface area (Å²) in [5.74, 6) is 0.513. The van der Waals surface area contributed by atoms with Crippen molar-refractivity contribution in [1.82, 2.24) is 0 Å². The molecule has 7 nitrogen and oxygen atoms in total. The number of aryl methyl sites for hydroxylation is 1. The van der Waals surface area contributed by atoms with Gasteiger partial charge in [-0.2, -0.15) is 0 Å². The highest BCUT2D eigenvalue weighted by atomic mass is 16.6. The first-order valence-electron chi connectivity index (χ1n) is 8.06. The fourth-order valence-corrected chi connectivity index (χ4v) is 2.14. The Morgan fingerprint density at radius 2 is 1.88 bits per heavy atom. The molecule has 2 rings (SSSR count). The first-order chi connectivity index (χ1) is 12.5. The maximum atomic E-state index is 12.0. The molecule has 1 amide bonds. The van der Waals surface area contributed by atoms with Gasteiger partial charge in [0, 0.05) is 11.8 Å². The first-order valence-corrected chi connectivity index (χ1v) is 8.06. The van der Waals surface area contributed by atoms with E-state index >= 15 is 0 Å². The average molecular weight is 356 g/mol. The van der Waals surface area contributed by atoms with Crippen molar-refractivity contribution in [2.24, 2.45) is 0 Å². The van der Waals surface area contributed by atoms with Gasteiger partial charge in [-0.3, -0.25) is 14.9 Å². The van der Waals surface area contributed by atoms with E-state index in [0.29, 0.717) is 29.4 Å². The van der Waals surface area contributed by atoms with Gasteiger partial charge in [-0.25, -0.2) is 0 Å². The van der Waals surface area contributed by atoms with E-state index in [9.17, 15) is 14.9 Å². The number of carbonyl (C=O) groups is 1. The van der Waals surface area contributed by atoms with Gasteiger partial charge in [-0.15, -0.1) is 0 Å². The number of carbonyl (C=O) groups excluding carboxylic acids is 1. The van der Waals surface area contributed by atoms with Gasteiger partial charge in [0.2, 0.25) is 6.20 Å². The maximum absolute atomic E-state index is 12.0. The van der Waals surface area contributed by atoms with Gasteiger partial charge in [-0.1, -0.05) is 23.8 Å². The molecule has 0 heterocycles. The van der Waals surface area contributed by atoms with E-state index in [1.807, 2.05) is 38.1 Å². The predicted octanol–water partition coefficient (Wildman–Crippen LogP) is 3.66. The van der Waals surface area contributed by atoms with Crippen molar-refractivity contribution in [2.75, 3.05) is 18.5 Å². The van der Waals surface area contributed by atoms with E-state index in [-0.39, 0.29) is 12.5 Å². The summed E-state index contributed by atoms with van der Waals surface area (Å²) >= 11 is 0. The van der Waals surface area contributed by atoms with E-state index in [1.54, 1.807) is 18.2 Å². The molecule has 1 N–H and O–H groups in total. The summed E-state index contributed by atoms with van der Waals surface area (Å²) in [5.41, 5.74) is 2.39. The Morgan fingerprint density at radius 3 is 2.54 bits per heavy atom. The number of rotatable bonds is 8. The normalized spacial score (nSPS) is 10.5. The SMILES string of the molecule is CCOc1cc(/C=C/[N+](=O)[O-])ccc1OCC(=O)Nc1ccc(C)cc1. The van der Waals surface area contributed by atoms with E-state index in [1.165, 1.54) is 6.08 Å². The Hall–Kier alpha value is -3.35. The Balaban J connectivity index is 2.01. The van der Waals surface area contributed by atoms with Gasteiger partial charge in [0.1, 0.15) is 0 Å². The van der Waals surface area contributed by atoms with Crippen molar-refractivity contribution in [3.8, 4) is 11.5 Å². The number of ether oxygens (including phenoxy) is 2. The summed E-state index contributed by atoms with van der Waals surface area (Å²) < 4.78 is 11.0. The van der Waals surface area contributed by atoms with Crippen LogP contribution in [0.5, 0.6) is 11.5 Å². The summed E-state index contributed by atoms with van der Waals surface area (Å²) in [5, 5.41) is 13.2. The molecule has 0 spiro atoms. The standard InChI is InChI=1S/C19H20N2O5/c1-3-25-18-12-15(10-11-21(23)24)6-9-17(18)26-13-19(22)20-16-7-4-14(2)5-8-16/h4-12H,3,13H2,1-2H3,(H,20,22)/b11-10+. The lowest BCUT2D eigenvalue weighted by atomic mass is 10.2. The molecule has 0 aliphatic rings. The minimum atomic E-state index is -0.541. The molecule has 0 unspecified atom stereocenters. The van der Waals surface area contributed by atoms with Crippen LogP contribution in [0.4, 0.5) is 5.69 Å². The second kappa shape index (κ2) is 9.22. The summed E-state index contributed by atoms with van der Waals surface area (Å²) in [6.45, 7) is 3.99. The molecular weight excluding hydrogens is 336 g/mol. The Morgan fingerprint density at radius 1 is 1.15 bits per heavy atom. The molecule has 0 aliphatic carbocycles. The first kappa shape index (κ1) is 19.0. The lowest BCUT2D eigenvalue weighted by Gasteiger charge is -2.12. The smallest absolute Gasteiger partial charge is 0.262 e. The van der Waals surface area contributed by atoms with Crippen LogP contribution in [0.15, 0.2) is 48.7 Å². The lowest BCUT2D eigenvalue weighted by Crippen LogP contribution is -2.20. The third-order valence-corrected chi connectivity index (χ3v) is 3.35. The van der Waals surface area contributed by atoms with Crippen molar-refractivity contribution in [2.45, 2.75) is 13.8 Å². The number of hydrogen-bond acceptors (Lipinski definition) is 5. The Kier molecular flexibility index (Phi) is 6.73. The van der Waals surface area contributed by atoms with Crippen LogP contribution in [-0.4, -0.2) is 24.0 Å². The molecule has 2 aromatic rings. The van der Waals surface area contributed by atoms with Gasteiger partial charge in [0.15, 0.2) is 18.1 Å². The predicted molar refractivity (Wildman–Crippen MR) is 98.9 cm³/mol. The molecule has 0 saturated heterocycles. The number of nitro groups is 1. The van der Waals surface area contributed by atoms with Crippen LogP contribution in [0.2, 0.25) is 0 Å². The fourth-order valence-electron chi connectivity index (χ4n) is 2.14. The fraction of sp³-hybridized carbons (Fsp3) is 0.211. The lowest BCUT2D eigenvalue weighted by molar-refractivity contribution is -0.400. The highest BCUT2D eigenvalue weighted by Crippen LogP contribution is 2.29. The largest absolute Gasteiger partial charge is 0.490 e. The summed E-state index contributed by atoms with van der Waals surface area (Å²) in [6.07, 6.45) is 2.21. The monoisotopic (exact) mass is 356 g/mol. The maximum Gasteiger partial charge on any atom is 0.262 e. The second-order valence-electron chi connectivity index (χ2n) is 5.44. The van der Waals surface area contributed by atoms with Gasteiger partial charge in [0.25, 0.3) is 5.91 Å². The minimum Gasteiger partial charge on any atom is -0.490 e. The number of hydrogen-bond donors (Lipinski definition) is 1. The summed E-state index contributed by atoms with van der Waals surface area (Å²) in [6, 6.07) is 12.3. The number of amides is 1. The molecule has 0 aromatic heterocycles. The number of nitrogens with one attached hydrogen (secondary N) is 1. The molecule has 0 fully saturated rings. The van der Waals surface area contributed by atoms with Crippen LogP contribution in [0, 0.1) is 17.0 Å². The molecular formula is C19H20N2O5. The van der Waals surface area contributed by atoms with Crippen LogP contribution in [0.25, 0.3) is 6.08 Å². The highest BCUT2D eigenvalue weighted by Gasteiger charge is 2.09. The average Bonchev–Trinajstić information content (AvgIpc) is 2.61. The van der Waals surface area contributed by atoms with Gasteiger partial charge in [0.05, 0.1) is 11.5 Å². The molecule has 2 aromatic carbocycles. The van der Waals surface area contributed by atoms with Gasteiger partial charge >= 0.3 is 0 Å². The quantitative estimate of drug-likeness (QED) is 0.576. The number of anilines is 1. The molecule has 0 atom stereocenters. The van der Waals surface area contributed by atoms with Crippen LogP contribution < -0.4 is 14.8 Å². The molecule has 7 heteroatoms. The summed E-state index contributed by atoms with van der Waals surface area (Å²) in [4.78, 5) is 21.9. The van der Waals surface area contributed by atoms with Crippen molar-refractivity contribution >= 4 is 17.7 Å². The molecule has 0 aliphatic heterocycles. The van der Waals surface area contributed by atoms with E-state index in [2.05, 4.69) is 5.32 Å². The van der Waals surface area contributed by atoms with Crippen molar-refractivity contribution < 1.29 is 19.2 Å². The van der Waals surface area contributed by atoms with Crippen LogP contribution in [-0.2, 0) is 4.79 Å². The zero-order chi connectivity index (χ0) is 18.9. The third kappa shape index (κ3) is 5.94. The second-order valence-corrected chi connectivity index (χ2v) is 5.44. The van der Waals surface area contributed by atoms with Gasteiger partial charge in [-0.05, 0) is 43.7 Å². The van der Waals surface area contributed by atoms with Crippen LogP contribution in [0.3, 0.4) is 0 Å². The van der Waals surface area contributed by atoms with Crippen molar-refractivity contribution in [3.63, 3.8) is 0 Å². The highest BCUT2D eigenvalue weighted by molar-refractivity contribution is 5.91. The van der Waals surface area contributed by atoms with E-state index in [4.69, 9.17) is 9.47 Å². The zero-order valence-corrected chi connectivity index (χ0v) is 14.6. The Bertz CT molecular complexity index is 800.